The molecule has 0 fully saturated rings. The Morgan fingerprint density at radius 3 is 2.32 bits per heavy atom. The molecule has 0 aliphatic carbocycles. The van der Waals surface area contributed by atoms with Gasteiger partial charge in [-0.15, -0.1) is 0 Å². The number of carbonyl (C=O) groups is 3. The summed E-state index contributed by atoms with van der Waals surface area (Å²) in [7, 11) is 0. The second kappa shape index (κ2) is 10.2. The predicted octanol–water partition coefficient (Wildman–Crippen LogP) is 3.96. The number of esters is 1. The highest BCUT2D eigenvalue weighted by molar-refractivity contribution is 6.40. The highest BCUT2D eigenvalue weighted by Crippen LogP contribution is 2.22. The zero-order valence-corrected chi connectivity index (χ0v) is 17.2. The first-order chi connectivity index (χ1) is 14.9. The van der Waals surface area contributed by atoms with Crippen LogP contribution in [0.4, 0.5) is 5.69 Å². The smallest absolute Gasteiger partial charge is 0.343 e. The van der Waals surface area contributed by atoms with Crippen molar-refractivity contribution in [2.45, 2.75) is 6.92 Å². The van der Waals surface area contributed by atoms with Crippen LogP contribution in [0.2, 0.25) is 5.02 Å². The molecular weight excluding hydrogens is 418 g/mol. The maximum absolute atomic E-state index is 12.0. The largest absolute Gasteiger partial charge is 0.423 e. The van der Waals surface area contributed by atoms with Crippen LogP contribution in [-0.4, -0.2) is 24.0 Å². The van der Waals surface area contributed by atoms with E-state index in [0.717, 1.165) is 0 Å². The van der Waals surface area contributed by atoms with Gasteiger partial charge < -0.3 is 10.1 Å². The van der Waals surface area contributed by atoms with Crippen molar-refractivity contribution in [1.29, 1.82) is 0 Å². The summed E-state index contributed by atoms with van der Waals surface area (Å²) in [6, 6.07) is 20.1. The molecule has 0 spiro atoms. The van der Waals surface area contributed by atoms with Crippen molar-refractivity contribution in [3.8, 4) is 5.75 Å². The first kappa shape index (κ1) is 21.7. The third-order valence-corrected chi connectivity index (χ3v) is 4.61. The van der Waals surface area contributed by atoms with Gasteiger partial charge >= 0.3 is 17.8 Å². The zero-order chi connectivity index (χ0) is 22.2. The number of carbonyl (C=O) groups excluding carboxylic acids is 3. The highest BCUT2D eigenvalue weighted by Gasteiger charge is 2.14. The molecule has 0 unspecified atom stereocenters. The van der Waals surface area contributed by atoms with E-state index in [1.165, 1.54) is 6.21 Å². The van der Waals surface area contributed by atoms with E-state index in [4.69, 9.17) is 16.3 Å². The molecule has 8 heteroatoms. The van der Waals surface area contributed by atoms with Crippen LogP contribution in [0.15, 0.2) is 77.9 Å². The number of rotatable bonds is 5. The average molecular weight is 436 g/mol. The minimum Gasteiger partial charge on any atom is -0.423 e. The van der Waals surface area contributed by atoms with Crippen molar-refractivity contribution in [3.63, 3.8) is 0 Å². The molecule has 2 N–H and O–H groups in total. The summed E-state index contributed by atoms with van der Waals surface area (Å²) < 4.78 is 5.29. The summed E-state index contributed by atoms with van der Waals surface area (Å²) in [5.74, 6) is -1.89. The summed E-state index contributed by atoms with van der Waals surface area (Å²) >= 11 is 6.00. The lowest BCUT2D eigenvalue weighted by Gasteiger charge is -2.08. The lowest BCUT2D eigenvalue weighted by Crippen LogP contribution is -2.32. The van der Waals surface area contributed by atoms with Gasteiger partial charge in [0.1, 0.15) is 5.75 Å². The Kier molecular flexibility index (Phi) is 7.13. The van der Waals surface area contributed by atoms with Gasteiger partial charge in [0.25, 0.3) is 0 Å². The van der Waals surface area contributed by atoms with Crippen LogP contribution in [0.3, 0.4) is 0 Å². The van der Waals surface area contributed by atoms with Crippen LogP contribution in [0.25, 0.3) is 0 Å². The van der Waals surface area contributed by atoms with Crippen molar-refractivity contribution >= 4 is 41.3 Å². The Morgan fingerprint density at radius 2 is 1.61 bits per heavy atom. The van der Waals surface area contributed by atoms with Crippen LogP contribution < -0.4 is 15.5 Å². The molecule has 3 aromatic rings. The van der Waals surface area contributed by atoms with E-state index < -0.39 is 17.8 Å². The zero-order valence-electron chi connectivity index (χ0n) is 16.5. The van der Waals surface area contributed by atoms with E-state index >= 15 is 0 Å². The van der Waals surface area contributed by atoms with Crippen molar-refractivity contribution in [1.82, 2.24) is 5.43 Å². The number of anilines is 1. The maximum atomic E-state index is 12.0. The second-order valence-corrected chi connectivity index (χ2v) is 6.80. The van der Waals surface area contributed by atoms with Gasteiger partial charge in [-0.2, -0.15) is 5.10 Å². The first-order valence-corrected chi connectivity index (χ1v) is 9.58. The number of amides is 2. The third kappa shape index (κ3) is 6.01. The molecule has 0 saturated carbocycles. The van der Waals surface area contributed by atoms with Crippen LogP contribution in [-0.2, 0) is 9.59 Å². The molecule has 3 rings (SSSR count). The fourth-order valence-corrected chi connectivity index (χ4v) is 2.67. The molecule has 7 nitrogen and oxygen atoms in total. The number of ether oxygens (including phenoxy) is 1. The van der Waals surface area contributed by atoms with Gasteiger partial charge in [0, 0.05) is 10.7 Å². The van der Waals surface area contributed by atoms with E-state index in [0.29, 0.717) is 33.1 Å². The number of hydrazone groups is 1. The molecule has 0 saturated heterocycles. The molecule has 0 aliphatic rings. The SMILES string of the molecule is Cc1c(Cl)cccc1NC(=O)C(=O)N/N=C\c1ccc(OC(=O)c2ccccc2)cc1. The molecule has 0 aromatic heterocycles. The van der Waals surface area contributed by atoms with E-state index in [1.54, 1.807) is 73.7 Å². The van der Waals surface area contributed by atoms with E-state index in [9.17, 15) is 14.4 Å². The average Bonchev–Trinajstić information content (AvgIpc) is 2.78. The standard InChI is InChI=1S/C23H18ClN3O4/c1-15-19(24)8-5-9-20(15)26-21(28)22(29)27-25-14-16-10-12-18(13-11-16)31-23(30)17-6-3-2-4-7-17/h2-14H,1H3,(H,26,28)(H,27,29)/b25-14-. The van der Waals surface area contributed by atoms with Crippen LogP contribution in [0.5, 0.6) is 5.75 Å². The first-order valence-electron chi connectivity index (χ1n) is 9.21. The van der Waals surface area contributed by atoms with Gasteiger partial charge in [-0.1, -0.05) is 35.9 Å². The number of halogens is 1. The number of hydrogen-bond donors (Lipinski definition) is 2. The molecular formula is C23H18ClN3O4. The molecule has 0 heterocycles. The van der Waals surface area contributed by atoms with E-state index in [2.05, 4.69) is 15.8 Å². The van der Waals surface area contributed by atoms with Gasteiger partial charge in [0.15, 0.2) is 0 Å². The Balaban J connectivity index is 1.52. The van der Waals surface area contributed by atoms with Gasteiger partial charge in [-0.3, -0.25) is 9.59 Å². The number of nitrogens with one attached hydrogen (secondary N) is 2. The van der Waals surface area contributed by atoms with Gasteiger partial charge in [-0.25, -0.2) is 10.2 Å². The molecule has 0 aliphatic heterocycles. The van der Waals surface area contributed by atoms with Crippen molar-refractivity contribution in [2.75, 3.05) is 5.32 Å². The molecule has 0 radical (unpaired) electrons. The van der Waals surface area contributed by atoms with Crippen molar-refractivity contribution in [3.05, 3.63) is 94.5 Å². The Morgan fingerprint density at radius 1 is 0.903 bits per heavy atom. The minimum atomic E-state index is -0.927. The molecule has 156 valence electrons. The lowest BCUT2D eigenvalue weighted by molar-refractivity contribution is -0.136. The van der Waals surface area contributed by atoms with Crippen molar-refractivity contribution < 1.29 is 19.1 Å². The quantitative estimate of drug-likeness (QED) is 0.208. The predicted molar refractivity (Wildman–Crippen MR) is 118 cm³/mol. The number of nitrogens with zero attached hydrogens (tertiary/aromatic N) is 1. The Bertz CT molecular complexity index is 1130. The van der Waals surface area contributed by atoms with Crippen LogP contribution >= 0.6 is 11.6 Å². The summed E-state index contributed by atoms with van der Waals surface area (Å²) in [4.78, 5) is 35.9. The van der Waals surface area contributed by atoms with Crippen molar-refractivity contribution in [2.24, 2.45) is 5.10 Å². The molecule has 2 amide bonds. The fourth-order valence-electron chi connectivity index (χ4n) is 2.50. The van der Waals surface area contributed by atoms with Gasteiger partial charge in [0.05, 0.1) is 11.8 Å². The second-order valence-electron chi connectivity index (χ2n) is 6.39. The normalized spacial score (nSPS) is 10.5. The third-order valence-electron chi connectivity index (χ3n) is 4.20. The van der Waals surface area contributed by atoms with Crippen LogP contribution in [0.1, 0.15) is 21.5 Å². The maximum Gasteiger partial charge on any atom is 0.343 e. The molecule has 0 atom stereocenters. The topological polar surface area (TPSA) is 96.9 Å². The van der Waals surface area contributed by atoms with Crippen LogP contribution in [0, 0.1) is 6.92 Å². The summed E-state index contributed by atoms with van der Waals surface area (Å²) in [6.07, 6.45) is 1.36. The Labute approximate surface area is 183 Å². The number of benzene rings is 3. The summed E-state index contributed by atoms with van der Waals surface area (Å²) in [6.45, 7) is 1.73. The fraction of sp³-hybridized carbons (Fsp3) is 0.0435. The monoisotopic (exact) mass is 435 g/mol. The van der Waals surface area contributed by atoms with E-state index in [1.807, 2.05) is 6.07 Å². The highest BCUT2D eigenvalue weighted by atomic mass is 35.5. The molecule has 3 aromatic carbocycles. The van der Waals surface area contributed by atoms with Gasteiger partial charge in [0.2, 0.25) is 0 Å². The van der Waals surface area contributed by atoms with E-state index in [-0.39, 0.29) is 0 Å². The molecule has 31 heavy (non-hydrogen) atoms. The number of hydrogen-bond acceptors (Lipinski definition) is 5. The minimum absolute atomic E-state index is 0.367. The lowest BCUT2D eigenvalue weighted by atomic mass is 10.2. The molecule has 0 bridgehead atoms. The van der Waals surface area contributed by atoms with Gasteiger partial charge in [-0.05, 0) is 66.6 Å². The summed E-state index contributed by atoms with van der Waals surface area (Å²) in [5, 5.41) is 6.72. The Hall–Kier alpha value is -3.97. The summed E-state index contributed by atoms with van der Waals surface area (Å²) in [5.41, 5.74) is 4.33.